The Balaban J connectivity index is 1.62. The Morgan fingerprint density at radius 2 is 1.32 bits per heavy atom. The first-order valence-corrected chi connectivity index (χ1v) is 9.67. The van der Waals surface area contributed by atoms with E-state index in [0.717, 1.165) is 16.7 Å². The highest BCUT2D eigenvalue weighted by Gasteiger charge is 2.33. The van der Waals surface area contributed by atoms with Crippen LogP contribution in [-0.2, 0) is 6.54 Å². The highest BCUT2D eigenvalue weighted by Crippen LogP contribution is 2.34. The van der Waals surface area contributed by atoms with Crippen LogP contribution in [0.3, 0.4) is 0 Å². The Bertz CT molecular complexity index is 949. The topological polar surface area (TPSA) is 36.4 Å². The first-order chi connectivity index (χ1) is 13.6. The third-order valence-electron chi connectivity index (χ3n) is 4.67. The molecular weight excluding hydrogens is 396 g/mol. The van der Waals surface area contributed by atoms with Crippen molar-refractivity contribution in [3.05, 3.63) is 105 Å². The van der Waals surface area contributed by atoms with Gasteiger partial charge in [0.25, 0.3) is 0 Å². The first-order valence-electron chi connectivity index (χ1n) is 8.91. The molecule has 3 nitrogen and oxygen atoms in total. The number of guanidine groups is 1. The highest BCUT2D eigenvalue weighted by molar-refractivity contribution is 6.30. The summed E-state index contributed by atoms with van der Waals surface area (Å²) in [4.78, 5) is 4.63. The first kappa shape index (κ1) is 18.8. The zero-order valence-electron chi connectivity index (χ0n) is 14.9. The molecule has 0 bridgehead atoms. The smallest absolute Gasteiger partial charge is 0.192 e. The number of benzene rings is 3. The summed E-state index contributed by atoms with van der Waals surface area (Å²) in [6.45, 7) is 0.445. The molecule has 3 aromatic carbocycles. The molecule has 2 N–H and O–H groups in total. The fourth-order valence-corrected chi connectivity index (χ4v) is 3.70. The number of halogens is 3. The second-order valence-electron chi connectivity index (χ2n) is 6.65. The van der Waals surface area contributed by atoms with Crippen LogP contribution in [0.4, 0.5) is 4.39 Å². The average Bonchev–Trinajstić information content (AvgIpc) is 3.12. The summed E-state index contributed by atoms with van der Waals surface area (Å²) in [6, 6.07) is 21.8. The van der Waals surface area contributed by atoms with E-state index in [1.807, 2.05) is 48.5 Å². The molecule has 0 aromatic heterocycles. The molecule has 1 aliphatic rings. The fraction of sp³-hybridized carbons (Fsp3) is 0.136. The van der Waals surface area contributed by atoms with Crippen LogP contribution in [0.1, 0.15) is 28.8 Å². The predicted octanol–water partition coefficient (Wildman–Crippen LogP) is 5.66. The summed E-state index contributed by atoms with van der Waals surface area (Å²) in [5.74, 6) is 0.426. The van der Waals surface area contributed by atoms with Crippen molar-refractivity contribution >= 4 is 29.2 Å². The third-order valence-corrected chi connectivity index (χ3v) is 5.14. The van der Waals surface area contributed by atoms with Gasteiger partial charge in [-0.25, -0.2) is 9.38 Å². The maximum atomic E-state index is 13.1. The Kier molecular flexibility index (Phi) is 5.51. The summed E-state index contributed by atoms with van der Waals surface area (Å²) in [5.41, 5.74) is 3.04. The van der Waals surface area contributed by atoms with Crippen LogP contribution in [0.5, 0.6) is 0 Å². The van der Waals surface area contributed by atoms with Gasteiger partial charge in [0.1, 0.15) is 5.82 Å². The Labute approximate surface area is 173 Å². The minimum atomic E-state index is -0.254. The van der Waals surface area contributed by atoms with Crippen molar-refractivity contribution in [2.75, 3.05) is 0 Å². The molecule has 0 radical (unpaired) electrons. The number of hydrogen-bond acceptors (Lipinski definition) is 1. The molecule has 1 fully saturated rings. The molecule has 142 valence electrons. The minimum Gasteiger partial charge on any atom is -0.347 e. The number of aliphatic imine (C=N–C) groups is 1. The van der Waals surface area contributed by atoms with E-state index >= 15 is 0 Å². The van der Waals surface area contributed by atoms with E-state index < -0.39 is 0 Å². The van der Waals surface area contributed by atoms with Crippen LogP contribution in [0.2, 0.25) is 10.0 Å². The quantitative estimate of drug-likeness (QED) is 0.578. The summed E-state index contributed by atoms with van der Waals surface area (Å²) in [6.07, 6.45) is 0. The highest BCUT2D eigenvalue weighted by atomic mass is 35.5. The van der Waals surface area contributed by atoms with Gasteiger partial charge in [-0.1, -0.05) is 59.6 Å². The van der Waals surface area contributed by atoms with Gasteiger partial charge in [-0.2, -0.15) is 0 Å². The predicted molar refractivity (Wildman–Crippen MR) is 112 cm³/mol. The van der Waals surface area contributed by atoms with E-state index in [4.69, 9.17) is 23.2 Å². The number of rotatable bonds is 4. The van der Waals surface area contributed by atoms with Gasteiger partial charge in [0.05, 0.1) is 18.6 Å². The van der Waals surface area contributed by atoms with Crippen molar-refractivity contribution in [2.45, 2.75) is 18.6 Å². The summed E-state index contributed by atoms with van der Waals surface area (Å²) in [5, 5.41) is 8.26. The van der Waals surface area contributed by atoms with Gasteiger partial charge in [-0.05, 0) is 53.1 Å². The lowest BCUT2D eigenvalue weighted by atomic mass is 9.95. The van der Waals surface area contributed by atoms with Gasteiger partial charge >= 0.3 is 0 Å². The Hall–Kier alpha value is -2.56. The maximum absolute atomic E-state index is 13.1. The van der Waals surface area contributed by atoms with E-state index in [1.54, 1.807) is 12.1 Å². The number of hydrogen-bond donors (Lipinski definition) is 2. The van der Waals surface area contributed by atoms with Crippen molar-refractivity contribution in [3.63, 3.8) is 0 Å². The lowest BCUT2D eigenvalue weighted by Gasteiger charge is -2.20. The van der Waals surface area contributed by atoms with Crippen molar-refractivity contribution in [3.8, 4) is 0 Å². The largest absolute Gasteiger partial charge is 0.347 e. The minimum absolute atomic E-state index is 0.0517. The molecule has 1 heterocycles. The zero-order valence-corrected chi connectivity index (χ0v) is 16.4. The van der Waals surface area contributed by atoms with Gasteiger partial charge < -0.3 is 10.6 Å². The lowest BCUT2D eigenvalue weighted by Crippen LogP contribution is -2.25. The van der Waals surface area contributed by atoms with E-state index in [2.05, 4.69) is 15.6 Å². The molecule has 1 aliphatic heterocycles. The molecule has 2 unspecified atom stereocenters. The lowest BCUT2D eigenvalue weighted by molar-refractivity contribution is 0.554. The van der Waals surface area contributed by atoms with Crippen LogP contribution in [0.25, 0.3) is 0 Å². The zero-order chi connectivity index (χ0) is 19.5. The van der Waals surface area contributed by atoms with E-state index in [1.165, 1.54) is 12.1 Å². The van der Waals surface area contributed by atoms with Crippen LogP contribution < -0.4 is 10.6 Å². The van der Waals surface area contributed by atoms with Gasteiger partial charge in [-0.15, -0.1) is 0 Å². The molecule has 0 saturated carbocycles. The van der Waals surface area contributed by atoms with Crippen LogP contribution in [0.15, 0.2) is 77.8 Å². The van der Waals surface area contributed by atoms with Crippen molar-refractivity contribution in [2.24, 2.45) is 4.99 Å². The van der Waals surface area contributed by atoms with Crippen molar-refractivity contribution in [1.82, 2.24) is 10.6 Å². The van der Waals surface area contributed by atoms with E-state index in [9.17, 15) is 4.39 Å². The molecule has 0 amide bonds. The SMILES string of the molecule is Fc1ccc(CN=C2NC(c3cccc(Cl)c3)C(c3cccc(Cl)c3)N2)cc1. The second kappa shape index (κ2) is 8.21. The van der Waals surface area contributed by atoms with E-state index in [-0.39, 0.29) is 17.9 Å². The molecule has 1 saturated heterocycles. The standard InChI is InChI=1S/C22H18Cl2FN3/c23-17-5-1-3-15(11-17)20-21(16-4-2-6-18(24)12-16)28-22(27-20)26-13-14-7-9-19(25)10-8-14/h1-12,20-21H,13H2,(H2,26,27,28). The molecule has 0 spiro atoms. The molecule has 2 atom stereocenters. The van der Waals surface area contributed by atoms with E-state index in [0.29, 0.717) is 22.5 Å². The molecular formula is C22H18Cl2FN3. The number of nitrogens with one attached hydrogen (secondary N) is 2. The average molecular weight is 414 g/mol. The molecule has 0 aliphatic carbocycles. The molecule has 4 rings (SSSR count). The Morgan fingerprint density at radius 3 is 1.82 bits per heavy atom. The van der Waals surface area contributed by atoms with Gasteiger partial charge in [0.15, 0.2) is 5.96 Å². The second-order valence-corrected chi connectivity index (χ2v) is 7.52. The monoisotopic (exact) mass is 413 g/mol. The third kappa shape index (κ3) is 4.29. The van der Waals surface area contributed by atoms with Crippen LogP contribution in [0, 0.1) is 5.82 Å². The fourth-order valence-electron chi connectivity index (χ4n) is 3.31. The van der Waals surface area contributed by atoms with Crippen molar-refractivity contribution in [1.29, 1.82) is 0 Å². The summed E-state index contributed by atoms with van der Waals surface area (Å²) in [7, 11) is 0. The van der Waals surface area contributed by atoms with Gasteiger partial charge in [0, 0.05) is 10.0 Å². The normalized spacial score (nSPS) is 18.5. The number of nitrogens with zero attached hydrogens (tertiary/aromatic N) is 1. The van der Waals surface area contributed by atoms with Gasteiger partial charge in [0.2, 0.25) is 0 Å². The summed E-state index contributed by atoms with van der Waals surface area (Å²) < 4.78 is 13.1. The summed E-state index contributed by atoms with van der Waals surface area (Å²) >= 11 is 12.4. The van der Waals surface area contributed by atoms with Gasteiger partial charge in [-0.3, -0.25) is 0 Å². The molecule has 3 aromatic rings. The molecule has 6 heteroatoms. The van der Waals surface area contributed by atoms with Crippen LogP contribution >= 0.6 is 23.2 Å². The Morgan fingerprint density at radius 1 is 0.786 bits per heavy atom. The molecule has 28 heavy (non-hydrogen) atoms. The van der Waals surface area contributed by atoms with Crippen molar-refractivity contribution < 1.29 is 4.39 Å². The maximum Gasteiger partial charge on any atom is 0.192 e. The van der Waals surface area contributed by atoms with Crippen LogP contribution in [-0.4, -0.2) is 5.96 Å².